The van der Waals surface area contributed by atoms with Gasteiger partial charge in [0.15, 0.2) is 4.34 Å². The van der Waals surface area contributed by atoms with Crippen molar-refractivity contribution in [3.63, 3.8) is 0 Å². The van der Waals surface area contributed by atoms with Crippen molar-refractivity contribution in [2.75, 3.05) is 12.4 Å². The van der Waals surface area contributed by atoms with Crippen LogP contribution in [0.25, 0.3) is 0 Å². The van der Waals surface area contributed by atoms with E-state index in [4.69, 9.17) is 0 Å². The molecular weight excluding hydrogens is 266 g/mol. The number of hydrogen-bond donors (Lipinski definition) is 2. The van der Waals surface area contributed by atoms with E-state index in [1.807, 2.05) is 23.6 Å². The van der Waals surface area contributed by atoms with Gasteiger partial charge in [-0.15, -0.1) is 11.3 Å². The average Bonchev–Trinajstić information content (AvgIpc) is 2.95. The summed E-state index contributed by atoms with van der Waals surface area (Å²) in [6.45, 7) is 0. The summed E-state index contributed by atoms with van der Waals surface area (Å²) in [4.78, 5) is 17.0. The molecule has 2 heterocycles. The van der Waals surface area contributed by atoms with Gasteiger partial charge in [-0.2, -0.15) is 0 Å². The maximum Gasteiger partial charge on any atom is 0.246 e. The summed E-state index contributed by atoms with van der Waals surface area (Å²) in [6, 6.07) is 5.77. The van der Waals surface area contributed by atoms with Gasteiger partial charge in [0.1, 0.15) is 6.04 Å². The van der Waals surface area contributed by atoms with Gasteiger partial charge in [0.2, 0.25) is 5.91 Å². The van der Waals surface area contributed by atoms with Gasteiger partial charge in [-0.3, -0.25) is 4.79 Å². The molecule has 1 aromatic heterocycles. The summed E-state index contributed by atoms with van der Waals surface area (Å²) in [5.41, 5.74) is 1.90. The molecule has 1 atom stereocenters. The fourth-order valence-electron chi connectivity index (χ4n) is 1.95. The molecule has 1 amide bonds. The van der Waals surface area contributed by atoms with E-state index in [0.717, 1.165) is 20.5 Å². The first kappa shape index (κ1) is 11.7. The summed E-state index contributed by atoms with van der Waals surface area (Å²) in [5.74, 6) is 0.00361. The number of anilines is 1. The number of hydrogen-bond acceptors (Lipinski definition) is 5. The Hall–Kier alpha value is -1.37. The molecule has 0 spiro atoms. The predicted molar refractivity (Wildman–Crippen MR) is 73.1 cm³/mol. The summed E-state index contributed by atoms with van der Waals surface area (Å²) >= 11 is 3.21. The molecule has 2 aromatic rings. The number of thiazole rings is 1. The fraction of sp³-hybridized carbons (Fsp3) is 0.167. The van der Waals surface area contributed by atoms with Gasteiger partial charge in [-0.25, -0.2) is 4.98 Å². The van der Waals surface area contributed by atoms with Crippen LogP contribution in [0.15, 0.2) is 39.0 Å². The molecule has 4 nitrogen and oxygen atoms in total. The molecule has 6 heteroatoms. The van der Waals surface area contributed by atoms with Gasteiger partial charge < -0.3 is 10.6 Å². The number of benzene rings is 1. The maximum absolute atomic E-state index is 11.7. The Morgan fingerprint density at radius 2 is 2.39 bits per heavy atom. The van der Waals surface area contributed by atoms with Crippen LogP contribution in [0.2, 0.25) is 0 Å². The molecule has 0 aliphatic carbocycles. The highest BCUT2D eigenvalue weighted by atomic mass is 32.2. The van der Waals surface area contributed by atoms with E-state index in [0.29, 0.717) is 0 Å². The van der Waals surface area contributed by atoms with Gasteiger partial charge in [-0.05, 0) is 19.2 Å². The Balaban J connectivity index is 1.89. The minimum atomic E-state index is -0.237. The highest BCUT2D eigenvalue weighted by molar-refractivity contribution is 8.01. The zero-order valence-electron chi connectivity index (χ0n) is 9.64. The van der Waals surface area contributed by atoms with Gasteiger partial charge in [0, 0.05) is 27.7 Å². The van der Waals surface area contributed by atoms with Gasteiger partial charge in [0.25, 0.3) is 0 Å². The van der Waals surface area contributed by atoms with E-state index in [-0.39, 0.29) is 11.9 Å². The molecule has 0 fully saturated rings. The van der Waals surface area contributed by atoms with Crippen LogP contribution >= 0.6 is 23.1 Å². The molecular formula is C12H11N3OS2. The van der Waals surface area contributed by atoms with Crippen molar-refractivity contribution in [3.05, 3.63) is 35.3 Å². The van der Waals surface area contributed by atoms with Crippen LogP contribution in [0.3, 0.4) is 0 Å². The second-order valence-corrected chi connectivity index (χ2v) is 6.08. The van der Waals surface area contributed by atoms with Crippen molar-refractivity contribution < 1.29 is 4.79 Å². The topological polar surface area (TPSA) is 54.0 Å². The van der Waals surface area contributed by atoms with E-state index in [1.165, 1.54) is 0 Å². The lowest BCUT2D eigenvalue weighted by Gasteiger charge is -2.06. The standard InChI is InChI=1S/C12H11N3OS2/c1-13-10-8-3-2-7(6-9(8)15-11(10)16)18-12-14-4-5-17-12/h2-6,10,13H,1H3,(H,15,16). The van der Waals surface area contributed by atoms with Crippen molar-refractivity contribution >= 4 is 34.7 Å². The van der Waals surface area contributed by atoms with Crippen molar-refractivity contribution in [1.29, 1.82) is 0 Å². The average molecular weight is 277 g/mol. The van der Waals surface area contributed by atoms with Crippen molar-refractivity contribution in [1.82, 2.24) is 10.3 Å². The molecule has 18 heavy (non-hydrogen) atoms. The molecule has 0 saturated carbocycles. The van der Waals surface area contributed by atoms with E-state index in [9.17, 15) is 4.79 Å². The highest BCUT2D eigenvalue weighted by Gasteiger charge is 2.29. The fourth-order valence-corrected chi connectivity index (χ4v) is 3.59. The third-order valence-electron chi connectivity index (χ3n) is 2.76. The number of rotatable bonds is 3. The van der Waals surface area contributed by atoms with Crippen LogP contribution < -0.4 is 10.6 Å². The third-order valence-corrected chi connectivity index (χ3v) is 4.63. The zero-order chi connectivity index (χ0) is 12.5. The first-order chi connectivity index (χ1) is 8.78. The number of carbonyl (C=O) groups is 1. The Labute approximate surface area is 113 Å². The summed E-state index contributed by atoms with van der Waals surface area (Å²) in [5, 5.41) is 7.85. The van der Waals surface area contributed by atoms with Crippen molar-refractivity contribution in [2.45, 2.75) is 15.3 Å². The smallest absolute Gasteiger partial charge is 0.246 e. The number of carbonyl (C=O) groups excluding carboxylic acids is 1. The second kappa shape index (κ2) is 4.72. The lowest BCUT2D eigenvalue weighted by atomic mass is 10.1. The van der Waals surface area contributed by atoms with E-state index in [1.54, 1.807) is 36.3 Å². The lowest BCUT2D eigenvalue weighted by Crippen LogP contribution is -2.23. The van der Waals surface area contributed by atoms with Crippen molar-refractivity contribution in [2.24, 2.45) is 0 Å². The summed E-state index contributed by atoms with van der Waals surface area (Å²) in [7, 11) is 1.79. The number of likely N-dealkylation sites (N-methyl/N-ethyl adjacent to an activating group) is 1. The lowest BCUT2D eigenvalue weighted by molar-refractivity contribution is -0.117. The molecule has 2 N–H and O–H groups in total. The first-order valence-corrected chi connectivity index (χ1v) is 7.17. The first-order valence-electron chi connectivity index (χ1n) is 5.47. The third kappa shape index (κ3) is 2.03. The number of fused-ring (bicyclic) bond motifs is 1. The minimum Gasteiger partial charge on any atom is -0.324 e. The Morgan fingerprint density at radius 1 is 1.50 bits per heavy atom. The van der Waals surface area contributed by atoms with E-state index >= 15 is 0 Å². The highest BCUT2D eigenvalue weighted by Crippen LogP contribution is 2.36. The minimum absolute atomic E-state index is 0.00361. The van der Waals surface area contributed by atoms with Crippen molar-refractivity contribution in [3.8, 4) is 0 Å². The van der Waals surface area contributed by atoms with Crippen LogP contribution in [-0.4, -0.2) is 17.9 Å². The number of nitrogens with zero attached hydrogens (tertiary/aromatic N) is 1. The zero-order valence-corrected chi connectivity index (χ0v) is 11.3. The maximum atomic E-state index is 11.7. The van der Waals surface area contributed by atoms with Gasteiger partial charge >= 0.3 is 0 Å². The van der Waals surface area contributed by atoms with Gasteiger partial charge in [-0.1, -0.05) is 17.8 Å². The Bertz CT molecular complexity index is 583. The Morgan fingerprint density at radius 3 is 3.11 bits per heavy atom. The molecule has 1 aromatic carbocycles. The summed E-state index contributed by atoms with van der Waals surface area (Å²) < 4.78 is 1.00. The van der Waals surface area contributed by atoms with Crippen LogP contribution in [0.5, 0.6) is 0 Å². The second-order valence-electron chi connectivity index (χ2n) is 3.86. The molecule has 0 saturated heterocycles. The SMILES string of the molecule is CNC1C(=O)Nc2cc(Sc3nccs3)ccc21. The number of nitrogens with one attached hydrogen (secondary N) is 2. The molecule has 1 aliphatic heterocycles. The quantitative estimate of drug-likeness (QED) is 0.905. The normalized spacial score (nSPS) is 17.6. The molecule has 1 aliphatic rings. The Kier molecular flexibility index (Phi) is 3.07. The monoisotopic (exact) mass is 277 g/mol. The van der Waals surface area contributed by atoms with Gasteiger partial charge in [0.05, 0.1) is 0 Å². The van der Waals surface area contributed by atoms with Crippen LogP contribution in [0.1, 0.15) is 11.6 Å². The number of aromatic nitrogens is 1. The molecule has 3 rings (SSSR count). The molecule has 0 bridgehead atoms. The van der Waals surface area contributed by atoms with Crippen LogP contribution in [0, 0.1) is 0 Å². The predicted octanol–water partition coefficient (Wildman–Crippen LogP) is 2.51. The van der Waals surface area contributed by atoms with E-state index < -0.39 is 0 Å². The number of amides is 1. The van der Waals surface area contributed by atoms with E-state index in [2.05, 4.69) is 15.6 Å². The molecule has 1 unspecified atom stereocenters. The molecule has 92 valence electrons. The molecule has 0 radical (unpaired) electrons. The van der Waals surface area contributed by atoms with Crippen LogP contribution in [0.4, 0.5) is 5.69 Å². The van der Waals surface area contributed by atoms with Crippen LogP contribution in [-0.2, 0) is 4.79 Å². The summed E-state index contributed by atoms with van der Waals surface area (Å²) in [6.07, 6.45) is 1.79. The largest absolute Gasteiger partial charge is 0.324 e.